The van der Waals surface area contributed by atoms with E-state index in [0.29, 0.717) is 19.4 Å². The Hall–Kier alpha value is -1.40. The number of aliphatic hydroxyl groups excluding tert-OH is 2. The summed E-state index contributed by atoms with van der Waals surface area (Å²) in [5.41, 5.74) is 0. The van der Waals surface area contributed by atoms with Crippen LogP contribution in [0.15, 0.2) is 12.2 Å². The van der Waals surface area contributed by atoms with E-state index >= 15 is 0 Å². The van der Waals surface area contributed by atoms with E-state index in [1.807, 2.05) is 6.08 Å². The van der Waals surface area contributed by atoms with E-state index in [0.717, 1.165) is 38.5 Å². The molecular formula is C50H97NO5. The number of esters is 1. The maximum atomic E-state index is 12.4. The fourth-order valence-electron chi connectivity index (χ4n) is 7.69. The number of carbonyl (C=O) groups is 2. The highest BCUT2D eigenvalue weighted by Crippen LogP contribution is 2.16. The lowest BCUT2D eigenvalue weighted by molar-refractivity contribution is -0.143. The molecule has 0 aromatic heterocycles. The number of nitrogens with one attached hydrogen (secondary N) is 1. The molecule has 0 rings (SSSR count). The van der Waals surface area contributed by atoms with Crippen molar-refractivity contribution >= 4 is 11.9 Å². The number of aliphatic hydroxyl groups is 2. The summed E-state index contributed by atoms with van der Waals surface area (Å²) in [6.07, 6.45) is 52.2. The van der Waals surface area contributed by atoms with Gasteiger partial charge in [-0.05, 0) is 32.1 Å². The van der Waals surface area contributed by atoms with E-state index in [2.05, 4.69) is 19.2 Å². The summed E-state index contributed by atoms with van der Waals surface area (Å²) < 4.78 is 5.46. The van der Waals surface area contributed by atoms with Crippen LogP contribution in [0.4, 0.5) is 0 Å². The van der Waals surface area contributed by atoms with Gasteiger partial charge in [-0.3, -0.25) is 9.59 Å². The molecule has 1 amide bonds. The Bertz CT molecular complexity index is 832. The van der Waals surface area contributed by atoms with Crippen LogP contribution in [0.5, 0.6) is 0 Å². The van der Waals surface area contributed by atoms with Gasteiger partial charge in [-0.1, -0.05) is 238 Å². The molecule has 0 saturated heterocycles. The third-order valence-corrected chi connectivity index (χ3v) is 11.6. The van der Waals surface area contributed by atoms with Crippen molar-refractivity contribution in [2.45, 2.75) is 283 Å². The van der Waals surface area contributed by atoms with Gasteiger partial charge < -0.3 is 20.3 Å². The Kier molecular flexibility index (Phi) is 45.1. The summed E-state index contributed by atoms with van der Waals surface area (Å²) in [5, 5.41) is 22.9. The number of carbonyl (C=O) groups excluding carboxylic acids is 2. The summed E-state index contributed by atoms with van der Waals surface area (Å²) >= 11 is 0. The first-order valence-corrected chi connectivity index (χ1v) is 25.0. The van der Waals surface area contributed by atoms with Crippen molar-refractivity contribution in [1.29, 1.82) is 0 Å². The molecule has 0 fully saturated rings. The highest BCUT2D eigenvalue weighted by Gasteiger charge is 2.18. The molecule has 0 heterocycles. The van der Waals surface area contributed by atoms with Crippen molar-refractivity contribution in [1.82, 2.24) is 5.32 Å². The molecule has 0 aliphatic carbocycles. The molecule has 2 atom stereocenters. The summed E-state index contributed by atoms with van der Waals surface area (Å²) in [5.74, 6) is -0.0676. The largest absolute Gasteiger partial charge is 0.466 e. The van der Waals surface area contributed by atoms with Crippen molar-refractivity contribution in [2.24, 2.45) is 0 Å². The van der Waals surface area contributed by atoms with Gasteiger partial charge in [0.15, 0.2) is 0 Å². The van der Waals surface area contributed by atoms with Crippen LogP contribution < -0.4 is 5.32 Å². The average Bonchev–Trinajstić information content (AvgIpc) is 3.20. The van der Waals surface area contributed by atoms with Gasteiger partial charge in [0.1, 0.15) is 0 Å². The topological polar surface area (TPSA) is 95.9 Å². The van der Waals surface area contributed by atoms with Crippen molar-refractivity contribution in [3.63, 3.8) is 0 Å². The SMILES string of the molecule is CCCCCCCCC/C=C/C(O)C(CO)NC(=O)CCCCCCCCCCCCCCCCCCCCOC(=O)CCCCCCCCCCCCCC. The monoisotopic (exact) mass is 792 g/mol. The van der Waals surface area contributed by atoms with Gasteiger partial charge in [0, 0.05) is 12.8 Å². The van der Waals surface area contributed by atoms with Gasteiger partial charge in [-0.15, -0.1) is 0 Å². The van der Waals surface area contributed by atoms with E-state index in [-0.39, 0.29) is 18.5 Å². The second kappa shape index (κ2) is 46.3. The number of ether oxygens (including phenoxy) is 1. The fourth-order valence-corrected chi connectivity index (χ4v) is 7.69. The zero-order valence-electron chi connectivity index (χ0n) is 37.6. The molecule has 6 nitrogen and oxygen atoms in total. The number of rotatable bonds is 46. The third kappa shape index (κ3) is 42.2. The third-order valence-electron chi connectivity index (χ3n) is 11.6. The minimum atomic E-state index is -0.843. The first-order valence-electron chi connectivity index (χ1n) is 25.0. The standard InChI is InChI=1S/C50H97NO5/c1-3-5-7-9-11-13-14-24-28-32-36-40-44-50(55)56-45-41-37-33-29-25-22-20-18-16-15-17-19-21-23-27-31-35-39-43-49(54)51-47(46-52)48(53)42-38-34-30-26-12-10-8-6-4-2/h38,42,47-48,52-53H,3-37,39-41,43-46H2,1-2H3,(H,51,54)/b42-38+. The lowest BCUT2D eigenvalue weighted by Gasteiger charge is -2.20. The molecule has 0 aromatic carbocycles. The normalized spacial score (nSPS) is 12.7. The van der Waals surface area contributed by atoms with Crippen LogP contribution in [0.25, 0.3) is 0 Å². The minimum absolute atomic E-state index is 0.00677. The van der Waals surface area contributed by atoms with E-state index in [1.165, 1.54) is 205 Å². The molecule has 0 spiro atoms. The predicted molar refractivity (Wildman–Crippen MR) is 241 cm³/mol. The Morgan fingerprint density at radius 2 is 0.821 bits per heavy atom. The van der Waals surface area contributed by atoms with Crippen LogP contribution in [-0.2, 0) is 14.3 Å². The molecule has 332 valence electrons. The quantitative estimate of drug-likeness (QED) is 0.0324. The molecule has 2 unspecified atom stereocenters. The summed E-state index contributed by atoms with van der Waals surface area (Å²) in [6, 6.07) is -0.627. The molecule has 56 heavy (non-hydrogen) atoms. The van der Waals surface area contributed by atoms with Crippen molar-refractivity contribution in [2.75, 3.05) is 13.2 Å². The van der Waals surface area contributed by atoms with Crippen molar-refractivity contribution < 1.29 is 24.5 Å². The number of hydrogen-bond donors (Lipinski definition) is 3. The fraction of sp³-hybridized carbons (Fsp3) is 0.920. The van der Waals surface area contributed by atoms with Crippen LogP contribution in [-0.4, -0.2) is 47.4 Å². The van der Waals surface area contributed by atoms with Gasteiger partial charge >= 0.3 is 5.97 Å². The molecule has 3 N–H and O–H groups in total. The van der Waals surface area contributed by atoms with Crippen molar-refractivity contribution in [3.8, 4) is 0 Å². The second-order valence-electron chi connectivity index (χ2n) is 17.2. The highest BCUT2D eigenvalue weighted by molar-refractivity contribution is 5.76. The summed E-state index contributed by atoms with van der Waals surface area (Å²) in [4.78, 5) is 24.3. The second-order valence-corrected chi connectivity index (χ2v) is 17.2. The molecule has 0 aliphatic heterocycles. The summed E-state index contributed by atoms with van der Waals surface area (Å²) in [6.45, 7) is 4.87. The Balaban J connectivity index is 3.39. The Morgan fingerprint density at radius 3 is 1.21 bits per heavy atom. The maximum absolute atomic E-state index is 12.4. The number of allylic oxidation sites excluding steroid dienone is 1. The highest BCUT2D eigenvalue weighted by atomic mass is 16.5. The number of unbranched alkanes of at least 4 members (excludes halogenated alkanes) is 35. The minimum Gasteiger partial charge on any atom is -0.466 e. The predicted octanol–water partition coefficient (Wildman–Crippen LogP) is 14.6. The zero-order valence-corrected chi connectivity index (χ0v) is 37.6. The zero-order chi connectivity index (χ0) is 40.8. The van der Waals surface area contributed by atoms with E-state index in [9.17, 15) is 19.8 Å². The van der Waals surface area contributed by atoms with E-state index in [1.54, 1.807) is 6.08 Å². The van der Waals surface area contributed by atoms with Crippen molar-refractivity contribution in [3.05, 3.63) is 12.2 Å². The molecule has 0 radical (unpaired) electrons. The Labute approximate surface area is 349 Å². The van der Waals surface area contributed by atoms with Crippen LogP contribution in [0.3, 0.4) is 0 Å². The van der Waals surface area contributed by atoms with Crippen LogP contribution in [0.1, 0.15) is 271 Å². The van der Waals surface area contributed by atoms with Crippen LogP contribution in [0.2, 0.25) is 0 Å². The van der Waals surface area contributed by atoms with E-state index in [4.69, 9.17) is 4.74 Å². The van der Waals surface area contributed by atoms with Gasteiger partial charge in [-0.25, -0.2) is 0 Å². The first-order chi connectivity index (χ1) is 27.5. The molecule has 0 bridgehead atoms. The molecule has 6 heteroatoms. The van der Waals surface area contributed by atoms with Gasteiger partial charge in [-0.2, -0.15) is 0 Å². The van der Waals surface area contributed by atoms with Crippen LogP contribution in [0, 0.1) is 0 Å². The van der Waals surface area contributed by atoms with Gasteiger partial charge in [0.2, 0.25) is 5.91 Å². The molecule has 0 aromatic rings. The Morgan fingerprint density at radius 1 is 0.482 bits per heavy atom. The smallest absolute Gasteiger partial charge is 0.305 e. The molecule has 0 saturated carbocycles. The lowest BCUT2D eigenvalue weighted by atomic mass is 10.0. The summed E-state index contributed by atoms with van der Waals surface area (Å²) in [7, 11) is 0. The lowest BCUT2D eigenvalue weighted by Crippen LogP contribution is -2.45. The van der Waals surface area contributed by atoms with E-state index < -0.39 is 12.1 Å². The maximum Gasteiger partial charge on any atom is 0.305 e. The first kappa shape index (κ1) is 54.6. The molecule has 0 aliphatic rings. The van der Waals surface area contributed by atoms with Gasteiger partial charge in [0.05, 0.1) is 25.4 Å². The van der Waals surface area contributed by atoms with Gasteiger partial charge in [0.25, 0.3) is 0 Å². The number of hydrogen-bond acceptors (Lipinski definition) is 5. The molecular weight excluding hydrogens is 695 g/mol. The average molecular weight is 792 g/mol. The number of amides is 1. The van der Waals surface area contributed by atoms with Crippen LogP contribution >= 0.6 is 0 Å².